The zero-order valence-corrected chi connectivity index (χ0v) is 25.2. The maximum Gasteiger partial charge on any atom is 0.643 e. The molecule has 0 amide bonds. The zero-order chi connectivity index (χ0) is 33.7. The molecule has 0 saturated carbocycles. The minimum absolute atomic E-state index is 0.169. The van der Waals surface area contributed by atoms with Gasteiger partial charge in [0.05, 0.1) is 22.3 Å². The molecule has 17 heteroatoms. The lowest BCUT2D eigenvalue weighted by Crippen LogP contribution is -2.24. The molecule has 0 unspecified atom stereocenters. The summed E-state index contributed by atoms with van der Waals surface area (Å²) in [6.45, 7) is 0. The van der Waals surface area contributed by atoms with Gasteiger partial charge in [-0.15, -0.1) is 0 Å². The monoisotopic (exact) mass is 702 g/mol. The minimum atomic E-state index is -1.72. The van der Waals surface area contributed by atoms with Crippen LogP contribution in [0, 0.1) is 23.3 Å². The fourth-order valence-electron chi connectivity index (χ4n) is 3.88. The van der Waals surface area contributed by atoms with Gasteiger partial charge < -0.3 is 25.2 Å². The van der Waals surface area contributed by atoms with Crippen molar-refractivity contribution in [1.82, 2.24) is 0 Å². The first kappa shape index (κ1) is 35.2. The Balaban J connectivity index is 0.000000189. The van der Waals surface area contributed by atoms with Gasteiger partial charge in [0, 0.05) is 0 Å². The van der Waals surface area contributed by atoms with E-state index in [-0.39, 0.29) is 11.5 Å². The molecule has 1 aliphatic carbocycles. The van der Waals surface area contributed by atoms with E-state index in [9.17, 15) is 47.0 Å². The fraction of sp³-hybridized carbons (Fsp3) is 0. The Hall–Kier alpha value is -4.32. The first-order valence-corrected chi connectivity index (χ1v) is 17.1. The number of ether oxygens (including phenoxy) is 1. The highest BCUT2D eigenvalue weighted by Gasteiger charge is 2.38. The molecular formula is C28H14AlCl3F4O9. The van der Waals surface area contributed by atoms with E-state index < -0.39 is 103 Å². The van der Waals surface area contributed by atoms with Crippen molar-refractivity contribution in [2.45, 2.75) is 0 Å². The van der Waals surface area contributed by atoms with Gasteiger partial charge in [0.25, 0.3) is 0 Å². The summed E-state index contributed by atoms with van der Waals surface area (Å²) < 4.78 is 57.2. The average Bonchev–Trinajstić information content (AvgIpc) is 3.28. The van der Waals surface area contributed by atoms with Crippen LogP contribution in [0.1, 0.15) is 52.6 Å². The van der Waals surface area contributed by atoms with Crippen molar-refractivity contribution in [3.8, 4) is 23.0 Å². The van der Waals surface area contributed by atoms with Gasteiger partial charge in [-0.2, -0.15) is 0 Å². The van der Waals surface area contributed by atoms with E-state index in [0.29, 0.717) is 0 Å². The van der Waals surface area contributed by atoms with E-state index in [0.717, 1.165) is 36.4 Å². The van der Waals surface area contributed by atoms with Gasteiger partial charge in [0.2, 0.25) is 11.6 Å². The molecule has 0 radical (unpaired) electrons. The number of hydrogen-bond donors (Lipinski definition) is 4. The van der Waals surface area contributed by atoms with Crippen molar-refractivity contribution >= 4 is 65.0 Å². The van der Waals surface area contributed by atoms with Gasteiger partial charge in [0.1, 0.15) is 57.4 Å². The van der Waals surface area contributed by atoms with E-state index in [1.807, 2.05) is 0 Å². The number of esters is 2. The number of rotatable bonds is 0. The number of hydrogen-bond acceptors (Lipinski definition) is 9. The van der Waals surface area contributed by atoms with Crippen molar-refractivity contribution < 1.29 is 61.9 Å². The predicted octanol–water partition coefficient (Wildman–Crippen LogP) is 6.21. The predicted molar refractivity (Wildman–Crippen MR) is 152 cm³/mol. The normalized spacial score (nSPS) is 12.2. The molecule has 0 bridgehead atoms. The Bertz CT molecular complexity index is 1650. The molecule has 45 heavy (non-hydrogen) atoms. The van der Waals surface area contributed by atoms with Crippen LogP contribution < -0.4 is 0 Å². The first-order valence-electron chi connectivity index (χ1n) is 11.8. The summed E-state index contributed by atoms with van der Waals surface area (Å²) >= 11 is -1.72. The second-order valence-corrected chi connectivity index (χ2v) is 14.9. The van der Waals surface area contributed by atoms with Gasteiger partial charge in [-0.05, 0) is 60.7 Å². The highest BCUT2D eigenvalue weighted by molar-refractivity contribution is 7.54. The Morgan fingerprint density at radius 2 is 0.733 bits per heavy atom. The van der Waals surface area contributed by atoms with E-state index in [1.165, 1.54) is 24.3 Å². The molecular weight excluding hydrogens is 690 g/mol. The van der Waals surface area contributed by atoms with E-state index in [1.54, 1.807) is 0 Å². The molecule has 4 aromatic carbocycles. The molecule has 2 aliphatic rings. The van der Waals surface area contributed by atoms with Crippen molar-refractivity contribution in [1.29, 1.82) is 0 Å². The lowest BCUT2D eigenvalue weighted by molar-refractivity contribution is 0.0440. The number of cyclic esters (lactones) is 2. The third kappa shape index (κ3) is 7.86. The van der Waals surface area contributed by atoms with Gasteiger partial charge in [-0.3, -0.25) is 9.59 Å². The van der Waals surface area contributed by atoms with Crippen LogP contribution in [0.25, 0.3) is 0 Å². The van der Waals surface area contributed by atoms with Gasteiger partial charge in [-0.1, -0.05) is 0 Å². The quantitative estimate of drug-likeness (QED) is 0.0484. The minimum Gasteiger partial charge on any atom is -0.508 e. The van der Waals surface area contributed by atoms with Crippen LogP contribution in [0.5, 0.6) is 23.0 Å². The molecule has 0 atom stereocenters. The zero-order valence-electron chi connectivity index (χ0n) is 21.8. The molecule has 0 aromatic heterocycles. The van der Waals surface area contributed by atoms with Crippen LogP contribution in [0.2, 0.25) is 0 Å². The summed E-state index contributed by atoms with van der Waals surface area (Å²) in [6, 6.07) is 10.7. The van der Waals surface area contributed by atoms with Gasteiger partial charge >= 0.3 is 23.3 Å². The maximum atomic E-state index is 13.7. The van der Waals surface area contributed by atoms with Crippen LogP contribution in [0.3, 0.4) is 0 Å². The van der Waals surface area contributed by atoms with Gasteiger partial charge in [0.15, 0.2) is 0 Å². The Morgan fingerprint density at radius 1 is 0.467 bits per heavy atom. The number of carbonyl (C=O) groups is 4. The Morgan fingerprint density at radius 3 is 1.02 bits per heavy atom. The standard InChI is InChI=1S/C14H6F2O4.C8H2F2O3.C6H6O2.Al.3ClH/c15-5-1-2-6(16)10-9(5)13(19)11-7(17)3-4-8(18)12(11)14(10)20;9-3-1-2-4(10)6-5(3)7(11)13-8(6)12;7-5-1-2-6(8)4-3-5;;;;/h1-4,17-18H;1-2H;1-4,7-8H;;3*1H/q;;;+3;;;/p-3. The highest BCUT2D eigenvalue weighted by atomic mass is 35.8. The summed E-state index contributed by atoms with van der Waals surface area (Å²) in [5, 5.41) is 36.6. The topological polar surface area (TPSA) is 158 Å². The molecule has 0 fully saturated rings. The Labute approximate surface area is 266 Å². The van der Waals surface area contributed by atoms with Crippen LogP contribution in [0.4, 0.5) is 17.6 Å². The number of ketones is 2. The summed E-state index contributed by atoms with van der Waals surface area (Å²) in [4.78, 5) is 45.9. The Kier molecular flexibility index (Phi) is 11.4. The number of phenolic OH excluding ortho intramolecular Hbond substituents is 4. The summed E-state index contributed by atoms with van der Waals surface area (Å²) in [5.41, 5.74) is -3.75. The lowest BCUT2D eigenvalue weighted by Gasteiger charge is -2.19. The lowest BCUT2D eigenvalue weighted by atomic mass is 9.82. The molecule has 0 spiro atoms. The summed E-state index contributed by atoms with van der Waals surface area (Å²) in [6.07, 6.45) is 0. The largest absolute Gasteiger partial charge is 0.643 e. The molecule has 9 nitrogen and oxygen atoms in total. The van der Waals surface area contributed by atoms with E-state index in [4.69, 9.17) is 40.4 Å². The molecule has 0 saturated heterocycles. The summed E-state index contributed by atoms with van der Waals surface area (Å²) in [7, 11) is 14.8. The van der Waals surface area contributed by atoms with Crippen molar-refractivity contribution in [2.75, 3.05) is 0 Å². The third-order valence-electron chi connectivity index (χ3n) is 5.72. The third-order valence-corrected chi connectivity index (χ3v) is 5.72. The van der Waals surface area contributed by atoms with Crippen molar-refractivity contribution in [2.24, 2.45) is 0 Å². The van der Waals surface area contributed by atoms with Gasteiger partial charge in [-0.25, -0.2) is 57.3 Å². The summed E-state index contributed by atoms with van der Waals surface area (Å²) in [5.74, 6) is -9.21. The number of aromatic hydroxyl groups is 4. The van der Waals surface area contributed by atoms with Crippen molar-refractivity contribution in [3.05, 3.63) is 117 Å². The number of carbonyl (C=O) groups excluding carboxylic acids is 4. The number of phenols is 4. The second-order valence-electron chi connectivity index (χ2n) is 8.51. The molecule has 6 rings (SSSR count). The van der Waals surface area contributed by atoms with Crippen LogP contribution >= 0.6 is 30.1 Å². The first-order chi connectivity index (χ1) is 21.1. The highest BCUT2D eigenvalue weighted by Crippen LogP contribution is 2.39. The average molecular weight is 704 g/mol. The number of fused-ring (bicyclic) bond motifs is 3. The fourth-order valence-corrected chi connectivity index (χ4v) is 3.88. The molecule has 232 valence electrons. The SMILES string of the molecule is O=C1OC(=O)c2c(F)ccc(F)c21.O=C1c2c(O)ccc(O)c2C(=O)c2c(F)ccc(F)c21.Oc1ccc(O)cc1.[Cl][Al]([Cl])[Cl]. The van der Waals surface area contributed by atoms with Crippen LogP contribution in [-0.4, -0.2) is 55.3 Å². The molecule has 4 aromatic rings. The van der Waals surface area contributed by atoms with Crippen molar-refractivity contribution in [3.63, 3.8) is 0 Å². The second kappa shape index (κ2) is 14.6. The molecule has 1 heterocycles. The number of halogens is 7. The van der Waals surface area contributed by atoms with Crippen LogP contribution in [0.15, 0.2) is 60.7 Å². The van der Waals surface area contributed by atoms with E-state index >= 15 is 0 Å². The number of benzene rings is 4. The van der Waals surface area contributed by atoms with E-state index in [2.05, 4.69) is 4.74 Å². The molecule has 4 N–H and O–H groups in total. The maximum absolute atomic E-state index is 13.7. The molecule has 1 aliphatic heterocycles. The van der Waals surface area contributed by atoms with Crippen LogP contribution in [-0.2, 0) is 4.74 Å². The smallest absolute Gasteiger partial charge is 0.508 e.